The average Bonchev–Trinajstić information content (AvgIpc) is 2.01. The van der Waals surface area contributed by atoms with Gasteiger partial charge in [0.05, 0.1) is 0 Å². The number of nitrogens with one attached hydrogen (secondary N) is 1. The van der Waals surface area contributed by atoms with E-state index in [1.165, 1.54) is 13.8 Å². The first-order valence-corrected chi connectivity index (χ1v) is 4.39. The highest BCUT2D eigenvalue weighted by atomic mass is 16.1. The Balaban J connectivity index is 3.07. The maximum absolute atomic E-state index is 11.1. The molecular weight excluding hydrogens is 178 g/mol. The average molecular weight is 191 g/mol. The highest BCUT2D eigenvalue weighted by Gasteiger charge is 2.03. The minimum Gasteiger partial charge on any atom is -0.326 e. The number of carbonyl (C=O) groups is 2. The van der Waals surface area contributed by atoms with Gasteiger partial charge < -0.3 is 5.32 Å². The van der Waals surface area contributed by atoms with Gasteiger partial charge in [0.1, 0.15) is 0 Å². The summed E-state index contributed by atoms with van der Waals surface area (Å²) in [5.41, 5.74) is 2.25. The first-order valence-electron chi connectivity index (χ1n) is 4.39. The molecule has 3 nitrogen and oxygen atoms in total. The minimum atomic E-state index is -0.134. The van der Waals surface area contributed by atoms with Crippen LogP contribution in [0.3, 0.4) is 0 Å². The molecule has 0 spiro atoms. The van der Waals surface area contributed by atoms with Crippen LogP contribution in [0.4, 0.5) is 5.69 Å². The van der Waals surface area contributed by atoms with Gasteiger partial charge in [-0.05, 0) is 37.6 Å². The van der Waals surface area contributed by atoms with Crippen LogP contribution in [0.15, 0.2) is 18.2 Å². The summed E-state index contributed by atoms with van der Waals surface area (Å²) < 4.78 is 0. The van der Waals surface area contributed by atoms with Crippen LogP contribution >= 0.6 is 0 Å². The molecular formula is C11H13NO2. The largest absolute Gasteiger partial charge is 0.326 e. The number of hydrogen-bond acceptors (Lipinski definition) is 2. The van der Waals surface area contributed by atoms with E-state index >= 15 is 0 Å². The fourth-order valence-electron chi connectivity index (χ4n) is 1.26. The molecule has 0 aliphatic heterocycles. The van der Waals surface area contributed by atoms with Gasteiger partial charge in [-0.3, -0.25) is 9.59 Å². The first kappa shape index (κ1) is 10.4. The van der Waals surface area contributed by atoms with Crippen molar-refractivity contribution >= 4 is 17.4 Å². The van der Waals surface area contributed by atoms with E-state index in [1.807, 2.05) is 13.0 Å². The second kappa shape index (κ2) is 4.05. The zero-order valence-electron chi connectivity index (χ0n) is 8.55. The maximum atomic E-state index is 11.1. The molecule has 14 heavy (non-hydrogen) atoms. The molecule has 0 aromatic heterocycles. The van der Waals surface area contributed by atoms with Crippen molar-refractivity contribution in [1.29, 1.82) is 0 Å². The third kappa shape index (κ3) is 2.69. The summed E-state index contributed by atoms with van der Waals surface area (Å²) in [7, 11) is 0. The van der Waals surface area contributed by atoms with Crippen LogP contribution in [0.2, 0.25) is 0 Å². The van der Waals surface area contributed by atoms with Gasteiger partial charge >= 0.3 is 0 Å². The summed E-state index contributed by atoms with van der Waals surface area (Å²) in [4.78, 5) is 21.9. The van der Waals surface area contributed by atoms with Crippen LogP contribution in [0.5, 0.6) is 0 Å². The second-order valence-electron chi connectivity index (χ2n) is 3.33. The fourth-order valence-corrected chi connectivity index (χ4v) is 1.26. The van der Waals surface area contributed by atoms with E-state index in [9.17, 15) is 9.59 Å². The lowest BCUT2D eigenvalue weighted by atomic mass is 10.1. The molecule has 0 aliphatic rings. The number of Topliss-reactive ketones (excluding diaryl/α,β-unsaturated/α-hetero) is 1. The fraction of sp³-hybridized carbons (Fsp3) is 0.273. The number of carbonyl (C=O) groups excluding carboxylic acids is 2. The molecule has 0 saturated heterocycles. The van der Waals surface area contributed by atoms with Gasteiger partial charge in [0.15, 0.2) is 5.78 Å². The highest BCUT2D eigenvalue weighted by Crippen LogP contribution is 2.14. The summed E-state index contributed by atoms with van der Waals surface area (Å²) in [5.74, 6) is -0.134. The SMILES string of the molecule is CC(=O)Nc1cc(C)cc(C(C)=O)c1. The highest BCUT2D eigenvalue weighted by molar-refractivity contribution is 5.96. The zero-order chi connectivity index (χ0) is 10.7. The van der Waals surface area contributed by atoms with E-state index in [2.05, 4.69) is 5.32 Å². The summed E-state index contributed by atoms with van der Waals surface area (Å²) in [6, 6.07) is 5.30. The minimum absolute atomic E-state index is 0.000280. The predicted octanol–water partition coefficient (Wildman–Crippen LogP) is 2.16. The van der Waals surface area contributed by atoms with Crippen LogP contribution < -0.4 is 5.32 Å². The Kier molecular flexibility index (Phi) is 3.02. The van der Waals surface area contributed by atoms with Gasteiger partial charge in [-0.1, -0.05) is 0 Å². The lowest BCUT2D eigenvalue weighted by molar-refractivity contribution is -0.114. The predicted molar refractivity (Wildman–Crippen MR) is 55.5 cm³/mol. The van der Waals surface area contributed by atoms with Crippen molar-refractivity contribution in [3.63, 3.8) is 0 Å². The summed E-state index contributed by atoms with van der Waals surface area (Å²) in [6.07, 6.45) is 0. The third-order valence-electron chi connectivity index (χ3n) is 1.80. The molecule has 1 aromatic carbocycles. The van der Waals surface area contributed by atoms with Crippen molar-refractivity contribution in [2.45, 2.75) is 20.8 Å². The summed E-state index contributed by atoms with van der Waals surface area (Å²) in [5, 5.41) is 2.65. The Morgan fingerprint density at radius 1 is 1.14 bits per heavy atom. The molecule has 1 aromatic rings. The Morgan fingerprint density at radius 2 is 1.79 bits per heavy atom. The van der Waals surface area contributed by atoms with E-state index < -0.39 is 0 Å². The van der Waals surface area contributed by atoms with Crippen molar-refractivity contribution < 1.29 is 9.59 Å². The lowest BCUT2D eigenvalue weighted by Crippen LogP contribution is -2.07. The number of hydrogen-bond donors (Lipinski definition) is 1. The monoisotopic (exact) mass is 191 g/mol. The molecule has 1 rings (SSSR count). The molecule has 0 bridgehead atoms. The van der Waals surface area contributed by atoms with Crippen molar-refractivity contribution in [2.75, 3.05) is 5.32 Å². The third-order valence-corrected chi connectivity index (χ3v) is 1.80. The second-order valence-corrected chi connectivity index (χ2v) is 3.33. The van der Waals surface area contributed by atoms with Crippen LogP contribution in [-0.4, -0.2) is 11.7 Å². The normalized spacial score (nSPS) is 9.64. The van der Waals surface area contributed by atoms with Crippen molar-refractivity contribution in [3.05, 3.63) is 29.3 Å². The Labute approximate surface area is 83.1 Å². The molecule has 3 heteroatoms. The van der Waals surface area contributed by atoms with Gasteiger partial charge in [0, 0.05) is 18.2 Å². The van der Waals surface area contributed by atoms with Crippen LogP contribution in [0.25, 0.3) is 0 Å². The molecule has 0 fully saturated rings. The molecule has 1 N–H and O–H groups in total. The van der Waals surface area contributed by atoms with Crippen LogP contribution in [-0.2, 0) is 4.79 Å². The molecule has 0 unspecified atom stereocenters. The Hall–Kier alpha value is -1.64. The van der Waals surface area contributed by atoms with Gasteiger partial charge in [-0.25, -0.2) is 0 Å². The molecule has 1 amide bonds. The quantitative estimate of drug-likeness (QED) is 0.728. The number of rotatable bonds is 2. The number of aryl methyl sites for hydroxylation is 1. The number of anilines is 1. The summed E-state index contributed by atoms with van der Waals surface area (Å²) >= 11 is 0. The van der Waals surface area contributed by atoms with Crippen LogP contribution in [0.1, 0.15) is 29.8 Å². The molecule has 0 aliphatic carbocycles. The standard InChI is InChI=1S/C11H13NO2/c1-7-4-10(8(2)13)6-11(5-7)12-9(3)14/h4-6H,1-3H3,(H,12,14). The van der Waals surface area contributed by atoms with Gasteiger partial charge in [0.25, 0.3) is 0 Å². The summed E-state index contributed by atoms with van der Waals surface area (Å²) in [6.45, 7) is 4.83. The molecule has 0 radical (unpaired) electrons. The molecule has 74 valence electrons. The Morgan fingerprint density at radius 3 is 2.29 bits per heavy atom. The first-order chi connectivity index (χ1) is 6.49. The van der Waals surface area contributed by atoms with E-state index in [1.54, 1.807) is 12.1 Å². The maximum Gasteiger partial charge on any atom is 0.221 e. The van der Waals surface area contributed by atoms with Gasteiger partial charge in [-0.15, -0.1) is 0 Å². The molecule has 0 saturated carbocycles. The van der Waals surface area contributed by atoms with E-state index in [-0.39, 0.29) is 11.7 Å². The molecule has 0 atom stereocenters. The van der Waals surface area contributed by atoms with E-state index in [0.29, 0.717) is 11.3 Å². The smallest absolute Gasteiger partial charge is 0.221 e. The van der Waals surface area contributed by atoms with E-state index in [4.69, 9.17) is 0 Å². The Bertz CT molecular complexity index is 383. The van der Waals surface area contributed by atoms with Gasteiger partial charge in [-0.2, -0.15) is 0 Å². The topological polar surface area (TPSA) is 46.2 Å². The number of amides is 1. The van der Waals surface area contributed by atoms with Crippen LogP contribution in [0, 0.1) is 6.92 Å². The van der Waals surface area contributed by atoms with E-state index in [0.717, 1.165) is 5.56 Å². The lowest BCUT2D eigenvalue weighted by Gasteiger charge is -2.05. The van der Waals surface area contributed by atoms with Crippen molar-refractivity contribution in [3.8, 4) is 0 Å². The van der Waals surface area contributed by atoms with Crippen molar-refractivity contribution in [2.24, 2.45) is 0 Å². The van der Waals surface area contributed by atoms with Crippen molar-refractivity contribution in [1.82, 2.24) is 0 Å². The number of ketones is 1. The number of benzene rings is 1. The zero-order valence-corrected chi connectivity index (χ0v) is 8.55. The molecule has 0 heterocycles. The van der Waals surface area contributed by atoms with Gasteiger partial charge in [0.2, 0.25) is 5.91 Å².